The van der Waals surface area contributed by atoms with Gasteiger partial charge in [-0.05, 0) is 32.9 Å². The van der Waals surface area contributed by atoms with Crippen molar-refractivity contribution in [1.82, 2.24) is 20.1 Å². The molecule has 6 nitrogen and oxygen atoms in total. The van der Waals surface area contributed by atoms with Gasteiger partial charge in [0.1, 0.15) is 5.76 Å². The Morgan fingerprint density at radius 2 is 1.73 bits per heavy atom. The van der Waals surface area contributed by atoms with Crippen molar-refractivity contribution in [2.75, 3.05) is 20.6 Å². The predicted octanol–water partition coefficient (Wildman–Crippen LogP) is 3.32. The first-order chi connectivity index (χ1) is 12.4. The van der Waals surface area contributed by atoms with E-state index in [9.17, 15) is 0 Å². The fraction of sp³-hybridized carbons (Fsp3) is 0.700. The molecule has 142 valence electrons. The van der Waals surface area contributed by atoms with Crippen molar-refractivity contribution < 1.29 is 9.05 Å². The third-order valence-electron chi connectivity index (χ3n) is 6.05. The minimum atomic E-state index is 0.382. The fourth-order valence-electron chi connectivity index (χ4n) is 4.44. The van der Waals surface area contributed by atoms with Gasteiger partial charge in [-0.2, -0.15) is 0 Å². The second-order valence-corrected chi connectivity index (χ2v) is 8.49. The summed E-state index contributed by atoms with van der Waals surface area (Å²) >= 11 is 0. The van der Waals surface area contributed by atoms with Crippen LogP contribution >= 0.6 is 0 Å². The van der Waals surface area contributed by atoms with Crippen LogP contribution in [0.2, 0.25) is 0 Å². The first-order valence-corrected chi connectivity index (χ1v) is 9.77. The number of rotatable bonds is 4. The van der Waals surface area contributed by atoms with Crippen LogP contribution in [0.3, 0.4) is 0 Å². The molecule has 0 amide bonds. The SMILES string of the molecule is CC(C)c1noc2c1CN(C)C(CC(C)c1noc3c1CCN(C)C3)C2. The van der Waals surface area contributed by atoms with Gasteiger partial charge in [0.05, 0.1) is 17.9 Å². The van der Waals surface area contributed by atoms with Crippen LogP contribution in [0.1, 0.15) is 73.1 Å². The van der Waals surface area contributed by atoms with Crippen molar-refractivity contribution in [2.45, 2.75) is 71.0 Å². The Hall–Kier alpha value is -1.66. The average Bonchev–Trinajstić information content (AvgIpc) is 3.18. The van der Waals surface area contributed by atoms with E-state index < -0.39 is 0 Å². The van der Waals surface area contributed by atoms with E-state index in [2.05, 4.69) is 55.0 Å². The van der Waals surface area contributed by atoms with Gasteiger partial charge in [0.25, 0.3) is 0 Å². The highest BCUT2D eigenvalue weighted by Gasteiger charge is 2.33. The summed E-state index contributed by atoms with van der Waals surface area (Å²) in [4.78, 5) is 4.73. The van der Waals surface area contributed by atoms with Crippen molar-refractivity contribution >= 4 is 0 Å². The van der Waals surface area contributed by atoms with Crippen LogP contribution in [0.4, 0.5) is 0 Å². The summed E-state index contributed by atoms with van der Waals surface area (Å²) in [6.07, 6.45) is 3.03. The molecule has 0 bridgehead atoms. The first kappa shape index (κ1) is 17.7. The maximum absolute atomic E-state index is 5.69. The van der Waals surface area contributed by atoms with E-state index in [1.165, 1.54) is 11.1 Å². The Morgan fingerprint density at radius 1 is 1.00 bits per heavy atom. The molecule has 0 aromatic carbocycles. The lowest BCUT2D eigenvalue weighted by atomic mass is 9.88. The van der Waals surface area contributed by atoms with E-state index in [1.807, 2.05) is 0 Å². The smallest absolute Gasteiger partial charge is 0.154 e. The Balaban J connectivity index is 1.49. The molecule has 0 N–H and O–H groups in total. The Bertz CT molecular complexity index is 779. The van der Waals surface area contributed by atoms with Crippen LogP contribution in [0, 0.1) is 0 Å². The lowest BCUT2D eigenvalue weighted by molar-refractivity contribution is 0.180. The summed E-state index contributed by atoms with van der Waals surface area (Å²) in [6, 6.07) is 0.448. The van der Waals surface area contributed by atoms with Crippen LogP contribution in [0.25, 0.3) is 0 Å². The molecule has 0 radical (unpaired) electrons. The number of nitrogens with zero attached hydrogens (tertiary/aromatic N) is 4. The van der Waals surface area contributed by atoms with Gasteiger partial charge in [-0.3, -0.25) is 9.80 Å². The molecule has 0 saturated heterocycles. The zero-order chi connectivity index (χ0) is 18.4. The Morgan fingerprint density at radius 3 is 2.50 bits per heavy atom. The molecule has 0 spiro atoms. The number of aromatic nitrogens is 2. The number of likely N-dealkylation sites (N-methyl/N-ethyl adjacent to an activating group) is 2. The highest BCUT2D eigenvalue weighted by atomic mass is 16.5. The zero-order valence-electron chi connectivity index (χ0n) is 16.6. The van der Waals surface area contributed by atoms with Crippen molar-refractivity contribution in [3.05, 3.63) is 34.0 Å². The molecule has 0 fully saturated rings. The Kier molecular flexibility index (Phi) is 4.65. The third kappa shape index (κ3) is 3.09. The van der Waals surface area contributed by atoms with Crippen molar-refractivity contribution in [2.24, 2.45) is 0 Å². The third-order valence-corrected chi connectivity index (χ3v) is 6.05. The summed E-state index contributed by atoms with van der Waals surface area (Å²) < 4.78 is 11.3. The molecule has 2 aromatic rings. The van der Waals surface area contributed by atoms with E-state index >= 15 is 0 Å². The monoisotopic (exact) mass is 358 g/mol. The van der Waals surface area contributed by atoms with E-state index in [1.54, 1.807) is 0 Å². The molecule has 0 saturated carbocycles. The van der Waals surface area contributed by atoms with Gasteiger partial charge in [0.2, 0.25) is 0 Å². The fourth-order valence-corrected chi connectivity index (χ4v) is 4.44. The number of hydrogen-bond donors (Lipinski definition) is 0. The highest BCUT2D eigenvalue weighted by molar-refractivity contribution is 5.30. The van der Waals surface area contributed by atoms with Crippen LogP contribution < -0.4 is 0 Å². The standard InChI is InChI=1S/C20H30N4O2/c1-12(2)19-16-10-24(5)14(9-17(16)25-21-19)8-13(3)20-15-6-7-23(4)11-18(15)26-22-20/h12-14H,6-11H2,1-5H3. The molecule has 26 heavy (non-hydrogen) atoms. The molecule has 2 aliphatic rings. The number of hydrogen-bond acceptors (Lipinski definition) is 6. The van der Waals surface area contributed by atoms with Gasteiger partial charge < -0.3 is 9.05 Å². The van der Waals surface area contributed by atoms with Gasteiger partial charge in [-0.1, -0.05) is 31.1 Å². The predicted molar refractivity (Wildman–Crippen MR) is 99.1 cm³/mol. The summed E-state index contributed by atoms with van der Waals surface area (Å²) in [5, 5.41) is 8.76. The van der Waals surface area contributed by atoms with Crippen molar-refractivity contribution in [3.8, 4) is 0 Å². The molecule has 6 heteroatoms. The quantitative estimate of drug-likeness (QED) is 0.836. The maximum atomic E-state index is 5.69. The topological polar surface area (TPSA) is 58.5 Å². The van der Waals surface area contributed by atoms with E-state index in [-0.39, 0.29) is 0 Å². The second-order valence-electron chi connectivity index (χ2n) is 8.49. The average molecular weight is 358 g/mol. The van der Waals surface area contributed by atoms with Gasteiger partial charge in [0.15, 0.2) is 5.76 Å². The molecule has 2 aliphatic heterocycles. The molecule has 2 aromatic heterocycles. The van der Waals surface area contributed by atoms with Crippen molar-refractivity contribution in [3.63, 3.8) is 0 Å². The summed E-state index contributed by atoms with van der Waals surface area (Å²) in [7, 11) is 4.34. The molecule has 2 atom stereocenters. The lowest BCUT2D eigenvalue weighted by Crippen LogP contribution is -2.38. The summed E-state index contributed by atoms with van der Waals surface area (Å²) in [6.45, 7) is 9.51. The summed E-state index contributed by atoms with van der Waals surface area (Å²) in [5.74, 6) is 2.92. The van der Waals surface area contributed by atoms with E-state index in [4.69, 9.17) is 9.05 Å². The molecule has 4 rings (SSSR count). The second kappa shape index (κ2) is 6.82. The Labute approximate surface area is 155 Å². The molecule has 0 aliphatic carbocycles. The highest BCUT2D eigenvalue weighted by Crippen LogP contribution is 2.34. The van der Waals surface area contributed by atoms with Crippen LogP contribution in [-0.2, 0) is 25.9 Å². The number of fused-ring (bicyclic) bond motifs is 2. The molecular formula is C20H30N4O2. The first-order valence-electron chi connectivity index (χ1n) is 9.77. The van der Waals surface area contributed by atoms with Crippen LogP contribution in [0.15, 0.2) is 9.05 Å². The minimum Gasteiger partial charge on any atom is -0.361 e. The largest absolute Gasteiger partial charge is 0.361 e. The van der Waals surface area contributed by atoms with Crippen LogP contribution in [-0.4, -0.2) is 46.8 Å². The lowest BCUT2D eigenvalue weighted by Gasteiger charge is -2.33. The van der Waals surface area contributed by atoms with Gasteiger partial charge in [-0.25, -0.2) is 0 Å². The normalized spacial score (nSPS) is 22.5. The van der Waals surface area contributed by atoms with Crippen molar-refractivity contribution in [1.29, 1.82) is 0 Å². The summed E-state index contributed by atoms with van der Waals surface area (Å²) in [5.41, 5.74) is 4.92. The zero-order valence-corrected chi connectivity index (χ0v) is 16.6. The van der Waals surface area contributed by atoms with Crippen LogP contribution in [0.5, 0.6) is 0 Å². The molecule has 2 unspecified atom stereocenters. The van der Waals surface area contributed by atoms with Gasteiger partial charge in [0, 0.05) is 42.6 Å². The minimum absolute atomic E-state index is 0.382. The maximum Gasteiger partial charge on any atom is 0.154 e. The van der Waals surface area contributed by atoms with Gasteiger partial charge in [-0.15, -0.1) is 0 Å². The van der Waals surface area contributed by atoms with E-state index in [0.29, 0.717) is 17.9 Å². The van der Waals surface area contributed by atoms with Gasteiger partial charge >= 0.3 is 0 Å². The molecular weight excluding hydrogens is 328 g/mol. The van der Waals surface area contributed by atoms with E-state index in [0.717, 1.165) is 61.8 Å². The molecule has 4 heterocycles.